The lowest BCUT2D eigenvalue weighted by molar-refractivity contribution is -0.342. The number of allylic oxidation sites excluding steroid dienone is 1. The van der Waals surface area contributed by atoms with Crippen LogP contribution in [0.15, 0.2) is 107 Å². The highest BCUT2D eigenvalue weighted by Gasteiger charge is 2.63. The van der Waals surface area contributed by atoms with Gasteiger partial charge in [-0.25, -0.2) is 4.79 Å². The number of aliphatic hydroxyl groups is 3. The third-order valence-electron chi connectivity index (χ3n) is 11.3. The third-order valence-corrected chi connectivity index (χ3v) is 13.4. The number of carboxylic acid groups (broad SMARTS) is 1. The van der Waals surface area contributed by atoms with Crippen LogP contribution in [-0.4, -0.2) is 91.2 Å². The minimum Gasteiger partial charge on any atom is -0.508 e. The zero-order chi connectivity index (χ0) is 41.7. The topological polar surface area (TPSA) is 204 Å². The molecule has 2 saturated heterocycles. The van der Waals surface area contributed by atoms with Gasteiger partial charge in [-0.3, -0.25) is 10.1 Å². The molecule has 312 valence electrons. The summed E-state index contributed by atoms with van der Waals surface area (Å²) in [5, 5.41) is 59.1. The number of ether oxygens (including phenoxy) is 3. The summed E-state index contributed by atoms with van der Waals surface area (Å²) in [5.74, 6) is -0.876. The summed E-state index contributed by atoms with van der Waals surface area (Å²) in [7, 11) is 2.89. The van der Waals surface area contributed by atoms with Crippen molar-refractivity contribution in [2.24, 2.45) is 11.8 Å². The Labute approximate surface area is 348 Å². The van der Waals surface area contributed by atoms with Crippen LogP contribution in [0.4, 0.5) is 0 Å². The summed E-state index contributed by atoms with van der Waals surface area (Å²) in [6.07, 6.45) is 1.79. The van der Waals surface area contributed by atoms with Crippen molar-refractivity contribution in [3.8, 4) is 22.6 Å². The quantitative estimate of drug-likeness (QED) is 0.0792. The second-order valence-electron chi connectivity index (χ2n) is 14.9. The van der Waals surface area contributed by atoms with Gasteiger partial charge < -0.3 is 49.1 Å². The molecule has 0 amide bonds. The van der Waals surface area contributed by atoms with Crippen LogP contribution in [0.1, 0.15) is 42.9 Å². The Bertz CT molecular complexity index is 2280. The van der Waals surface area contributed by atoms with Crippen molar-refractivity contribution in [2.75, 3.05) is 18.2 Å². The molecule has 7 rings (SSSR count). The van der Waals surface area contributed by atoms with Crippen LogP contribution < -0.4 is 15.5 Å². The van der Waals surface area contributed by atoms with E-state index in [9.17, 15) is 35.1 Å². The van der Waals surface area contributed by atoms with E-state index in [4.69, 9.17) is 18.6 Å². The average molecular weight is 845 g/mol. The molecule has 7 N–H and O–H groups in total. The number of aryl methyl sites for hydroxylation is 1. The Balaban J connectivity index is 1.19. The molecule has 5 aromatic rings. The number of carboxylic acids is 1. The van der Waals surface area contributed by atoms with E-state index >= 15 is 0 Å². The molecule has 0 bridgehead atoms. The van der Waals surface area contributed by atoms with Crippen molar-refractivity contribution in [1.82, 2.24) is 10.3 Å². The molecule has 9 atom stereocenters. The molecule has 13 nitrogen and oxygen atoms in total. The largest absolute Gasteiger partial charge is 0.508 e. The number of aliphatic carboxylic acids is 1. The van der Waals surface area contributed by atoms with Gasteiger partial charge in [0.15, 0.2) is 17.1 Å². The number of aromatic amines is 1. The van der Waals surface area contributed by atoms with Gasteiger partial charge in [0.05, 0.1) is 10.9 Å². The van der Waals surface area contributed by atoms with Gasteiger partial charge in [-0.05, 0) is 83.2 Å². The van der Waals surface area contributed by atoms with Crippen molar-refractivity contribution in [2.45, 2.75) is 69.0 Å². The molecule has 0 aliphatic carbocycles. The van der Waals surface area contributed by atoms with Crippen molar-refractivity contribution >= 4 is 44.6 Å². The third kappa shape index (κ3) is 9.12. The van der Waals surface area contributed by atoms with Crippen LogP contribution in [0.2, 0.25) is 0 Å². The normalized spacial score (nSPS) is 27.4. The standard InChI is InChI=1S/C44H48N2O11S2/c1-3-26-8-4-5-9-27(26)10-6-7-25(2)33-21-46-42(52)44(53)40(55-24-59-58-23-35(33)29-17-18-45-20-29)38(49)39(41(50)51)57-43(44)56-31-15-16-32-36(19-31)54-22-34(37(32)48)28-11-13-30(47)14-12-28/h4-6,8-20,22,25,33,35,38-40,42-43,45-47,49,52-53H,3,7,21,23-24H2,1-2H3,(H,50,51)/b10-6+/t25-,33-,35+,38+,39-,40-,42+,43+,44-/m0/s1. The Morgan fingerprint density at radius 3 is 2.63 bits per heavy atom. The van der Waals surface area contributed by atoms with Crippen molar-refractivity contribution in [1.29, 1.82) is 0 Å². The van der Waals surface area contributed by atoms with Gasteiger partial charge in [0.1, 0.15) is 47.7 Å². The van der Waals surface area contributed by atoms with Crippen LogP contribution in [0.5, 0.6) is 11.5 Å². The number of benzene rings is 3. The van der Waals surface area contributed by atoms with Gasteiger partial charge in [-0.15, -0.1) is 0 Å². The maximum atomic E-state index is 13.5. The van der Waals surface area contributed by atoms with Crippen molar-refractivity contribution in [3.05, 3.63) is 124 Å². The molecule has 15 heteroatoms. The smallest absolute Gasteiger partial charge is 0.335 e. The molecule has 0 saturated carbocycles. The molecule has 0 radical (unpaired) electrons. The summed E-state index contributed by atoms with van der Waals surface area (Å²) < 4.78 is 23.8. The van der Waals surface area contributed by atoms with Crippen molar-refractivity contribution in [3.63, 3.8) is 0 Å². The Hall–Kier alpha value is -4.58. The van der Waals surface area contributed by atoms with Crippen LogP contribution in [0.25, 0.3) is 28.2 Å². The van der Waals surface area contributed by atoms with Crippen LogP contribution >= 0.6 is 21.6 Å². The number of hydrogen-bond acceptors (Lipinski definition) is 13. The molecule has 4 heterocycles. The summed E-state index contributed by atoms with van der Waals surface area (Å²) in [5.41, 5.74) is 1.48. The molecule has 59 heavy (non-hydrogen) atoms. The highest BCUT2D eigenvalue weighted by molar-refractivity contribution is 8.76. The number of hydrogen-bond donors (Lipinski definition) is 7. The number of fused-ring (bicyclic) bond motifs is 2. The Kier molecular flexibility index (Phi) is 13.5. The number of H-pyrrole nitrogens is 1. The minimum atomic E-state index is -2.57. The zero-order valence-corrected chi connectivity index (χ0v) is 34.1. The van der Waals surface area contributed by atoms with E-state index in [2.05, 4.69) is 48.4 Å². The number of nitrogens with one attached hydrogen (secondary N) is 2. The fraction of sp³-hybridized carbons (Fsp3) is 0.364. The van der Waals surface area contributed by atoms with Crippen molar-refractivity contribution < 1.29 is 49.0 Å². The molecular formula is C44H48N2O11S2. The number of carbonyl (C=O) groups is 1. The van der Waals surface area contributed by atoms with Gasteiger partial charge in [0, 0.05) is 30.8 Å². The first-order valence-electron chi connectivity index (χ1n) is 19.4. The van der Waals surface area contributed by atoms with Gasteiger partial charge >= 0.3 is 5.97 Å². The van der Waals surface area contributed by atoms with Gasteiger partial charge in [0.25, 0.3) is 0 Å². The Morgan fingerprint density at radius 1 is 1.08 bits per heavy atom. The molecule has 0 spiro atoms. The summed E-state index contributed by atoms with van der Waals surface area (Å²) >= 11 is 0. The number of aliphatic hydroxyl groups excluding tert-OH is 2. The number of rotatable bonds is 10. The predicted molar refractivity (Wildman–Crippen MR) is 227 cm³/mol. The predicted octanol–water partition coefficient (Wildman–Crippen LogP) is 6.12. The van der Waals surface area contributed by atoms with E-state index in [1.54, 1.807) is 22.9 Å². The van der Waals surface area contributed by atoms with E-state index in [0.29, 0.717) is 11.3 Å². The number of phenols is 1. The average Bonchev–Trinajstić information content (AvgIpc) is 3.77. The monoisotopic (exact) mass is 844 g/mol. The maximum Gasteiger partial charge on any atom is 0.335 e. The minimum absolute atomic E-state index is 0.00749. The van der Waals surface area contributed by atoms with E-state index in [-0.39, 0.29) is 63.7 Å². The highest BCUT2D eigenvalue weighted by Crippen LogP contribution is 2.42. The fourth-order valence-corrected chi connectivity index (χ4v) is 9.98. The lowest BCUT2D eigenvalue weighted by Gasteiger charge is -2.50. The first-order valence-corrected chi connectivity index (χ1v) is 21.9. The zero-order valence-electron chi connectivity index (χ0n) is 32.5. The fourth-order valence-electron chi connectivity index (χ4n) is 7.92. The SMILES string of the molecule is CCc1ccccc1/C=C/C[C@H](C)[C@@H]1CN[C@H](O)[C@]2(O)[C@H](Oc3ccc4c(=O)c(-c5ccc(O)cc5)coc4c3)O[C@H](C(=O)O)[C@@H](O)[C@@H]2OCSSC[C@@H]1c1cc[nH]c1. The summed E-state index contributed by atoms with van der Waals surface area (Å²) in [4.78, 5) is 29.1. The van der Waals surface area contributed by atoms with Gasteiger partial charge in [-0.1, -0.05) is 84.0 Å². The highest BCUT2D eigenvalue weighted by atomic mass is 33.1. The van der Waals surface area contributed by atoms with Crippen LogP contribution in [-0.2, 0) is 20.7 Å². The van der Waals surface area contributed by atoms with E-state index in [0.717, 1.165) is 24.0 Å². The van der Waals surface area contributed by atoms with Gasteiger partial charge in [0.2, 0.25) is 6.29 Å². The molecular weight excluding hydrogens is 797 g/mol. The summed E-state index contributed by atoms with van der Waals surface area (Å²) in [6, 6.07) is 20.7. The van der Waals surface area contributed by atoms with E-state index < -0.39 is 42.4 Å². The summed E-state index contributed by atoms with van der Waals surface area (Å²) in [6.45, 7) is 4.48. The lowest BCUT2D eigenvalue weighted by Crippen LogP contribution is -2.75. The van der Waals surface area contributed by atoms with E-state index in [1.807, 2.05) is 30.6 Å². The number of aromatic hydroxyl groups is 1. The maximum absolute atomic E-state index is 13.5. The Morgan fingerprint density at radius 2 is 1.88 bits per heavy atom. The first kappa shape index (κ1) is 42.5. The molecule has 0 unspecified atom stereocenters. The molecule has 2 aliphatic rings. The second kappa shape index (κ2) is 18.8. The van der Waals surface area contributed by atoms with Crippen LogP contribution in [0, 0.1) is 11.8 Å². The van der Waals surface area contributed by atoms with Gasteiger partial charge in [-0.2, -0.15) is 0 Å². The molecule has 2 aromatic heterocycles. The number of phenolic OH excluding ortho intramolecular Hbond substituents is 1. The molecule has 3 aromatic carbocycles. The second-order valence-corrected chi connectivity index (χ2v) is 17.4. The van der Waals surface area contributed by atoms with Crippen LogP contribution in [0.3, 0.4) is 0 Å². The molecule has 2 fully saturated rings. The first-order chi connectivity index (χ1) is 28.5. The lowest BCUT2D eigenvalue weighted by atomic mass is 9.78. The van der Waals surface area contributed by atoms with E-state index in [1.165, 1.54) is 53.0 Å². The number of aromatic nitrogens is 1. The molecule has 2 aliphatic heterocycles.